The highest BCUT2D eigenvalue weighted by Gasteiger charge is 2.47. The monoisotopic (exact) mass is 351 g/mol. The molecule has 1 unspecified atom stereocenters. The number of nitrogens with one attached hydrogen (secondary N) is 3. The molecule has 1 heterocycles. The fraction of sp³-hybridized carbons (Fsp3) is 0.250. The van der Waals surface area contributed by atoms with Crippen molar-refractivity contribution in [1.82, 2.24) is 16.0 Å². The van der Waals surface area contributed by atoms with Gasteiger partial charge in [-0.1, -0.05) is 60.2 Å². The third kappa shape index (κ3) is 3.74. The predicted molar refractivity (Wildman–Crippen MR) is 97.1 cm³/mol. The summed E-state index contributed by atoms with van der Waals surface area (Å²) in [6.45, 7) is 2.43. The summed E-state index contributed by atoms with van der Waals surface area (Å²) in [5.41, 5.74) is 1.62. The Morgan fingerprint density at radius 3 is 2.35 bits per heavy atom. The lowest BCUT2D eigenvalue weighted by atomic mass is 9.85. The number of hydrogen-bond donors (Lipinski definition) is 3. The van der Waals surface area contributed by atoms with Gasteiger partial charge in [-0.15, -0.1) is 0 Å². The topological polar surface area (TPSA) is 87.3 Å². The van der Waals surface area contributed by atoms with E-state index in [2.05, 4.69) is 16.0 Å². The molecule has 4 amide bonds. The van der Waals surface area contributed by atoms with Crippen LogP contribution in [0.3, 0.4) is 0 Å². The maximum Gasteiger partial charge on any atom is 0.322 e. The Labute approximate surface area is 152 Å². The quantitative estimate of drug-likeness (QED) is 0.697. The highest BCUT2D eigenvalue weighted by atomic mass is 16.2. The number of imide groups is 1. The molecule has 0 aliphatic carbocycles. The molecule has 0 spiro atoms. The average molecular weight is 351 g/mol. The molecule has 1 aliphatic rings. The lowest BCUT2D eigenvalue weighted by molar-refractivity contribution is -0.125. The number of amides is 4. The first-order valence-electron chi connectivity index (χ1n) is 8.51. The molecule has 1 saturated heterocycles. The number of hydrogen-bond acceptors (Lipinski definition) is 3. The summed E-state index contributed by atoms with van der Waals surface area (Å²) in [6.07, 6.45) is 0.308. The van der Waals surface area contributed by atoms with Gasteiger partial charge in [0.05, 0.1) is 0 Å². The zero-order chi connectivity index (χ0) is 18.6. The fourth-order valence-electron chi connectivity index (χ4n) is 3.03. The summed E-state index contributed by atoms with van der Waals surface area (Å²) < 4.78 is 0. The van der Waals surface area contributed by atoms with E-state index in [1.54, 1.807) is 24.3 Å². The zero-order valence-electron chi connectivity index (χ0n) is 14.5. The standard InChI is InChI=1S/C20H21N3O3/c1-14-7-9-15(10-8-14)13-21-17(24)11-12-20(16-5-3-2-4-6-16)18(25)22-19(26)23-20/h2-10H,11-13H2,1H3,(H,21,24)(H2,22,23,25,26). The van der Waals surface area contributed by atoms with Gasteiger partial charge in [-0.05, 0) is 24.5 Å². The van der Waals surface area contributed by atoms with Crippen LogP contribution in [0.2, 0.25) is 0 Å². The van der Waals surface area contributed by atoms with Crippen molar-refractivity contribution < 1.29 is 14.4 Å². The Balaban J connectivity index is 1.65. The van der Waals surface area contributed by atoms with Gasteiger partial charge >= 0.3 is 6.03 Å². The molecule has 2 aromatic rings. The Bertz CT molecular complexity index is 818. The van der Waals surface area contributed by atoms with Gasteiger partial charge in [0.1, 0.15) is 5.54 Å². The van der Waals surface area contributed by atoms with Gasteiger partial charge < -0.3 is 10.6 Å². The van der Waals surface area contributed by atoms with Gasteiger partial charge in [0, 0.05) is 13.0 Å². The largest absolute Gasteiger partial charge is 0.352 e. The van der Waals surface area contributed by atoms with Crippen molar-refractivity contribution in [2.24, 2.45) is 0 Å². The van der Waals surface area contributed by atoms with Gasteiger partial charge in [-0.25, -0.2) is 4.79 Å². The number of urea groups is 1. The second-order valence-corrected chi connectivity index (χ2v) is 6.44. The van der Waals surface area contributed by atoms with E-state index in [0.29, 0.717) is 12.1 Å². The smallest absolute Gasteiger partial charge is 0.322 e. The first-order valence-corrected chi connectivity index (χ1v) is 8.51. The zero-order valence-corrected chi connectivity index (χ0v) is 14.5. The summed E-state index contributed by atoms with van der Waals surface area (Å²) >= 11 is 0. The highest BCUT2D eigenvalue weighted by Crippen LogP contribution is 2.29. The van der Waals surface area contributed by atoms with Crippen LogP contribution in [0.15, 0.2) is 54.6 Å². The molecule has 26 heavy (non-hydrogen) atoms. The van der Waals surface area contributed by atoms with Crippen molar-refractivity contribution in [3.05, 3.63) is 71.3 Å². The second kappa shape index (κ2) is 7.39. The minimum absolute atomic E-state index is 0.119. The summed E-state index contributed by atoms with van der Waals surface area (Å²) in [5, 5.41) is 7.82. The van der Waals surface area contributed by atoms with Crippen LogP contribution in [0.4, 0.5) is 4.79 Å². The van der Waals surface area contributed by atoms with Crippen molar-refractivity contribution in [2.75, 3.05) is 0 Å². The minimum Gasteiger partial charge on any atom is -0.352 e. The number of aryl methyl sites for hydroxylation is 1. The highest BCUT2D eigenvalue weighted by molar-refractivity contribution is 6.07. The van der Waals surface area contributed by atoms with E-state index in [1.165, 1.54) is 0 Å². The van der Waals surface area contributed by atoms with Crippen LogP contribution in [0, 0.1) is 6.92 Å². The summed E-state index contributed by atoms with van der Waals surface area (Å²) in [7, 11) is 0. The molecule has 3 N–H and O–H groups in total. The molecule has 134 valence electrons. The first-order chi connectivity index (χ1) is 12.5. The van der Waals surface area contributed by atoms with Gasteiger partial charge in [0.25, 0.3) is 5.91 Å². The predicted octanol–water partition coefficient (Wildman–Crippen LogP) is 2.13. The normalized spacial score (nSPS) is 19.0. The molecule has 0 saturated carbocycles. The molecule has 0 bridgehead atoms. The molecule has 0 aromatic heterocycles. The molecule has 1 fully saturated rings. The average Bonchev–Trinajstić information content (AvgIpc) is 2.94. The van der Waals surface area contributed by atoms with E-state index in [1.807, 2.05) is 37.3 Å². The van der Waals surface area contributed by atoms with Crippen LogP contribution in [0.25, 0.3) is 0 Å². The number of benzene rings is 2. The molecule has 3 rings (SSSR count). The molecule has 0 radical (unpaired) electrons. The summed E-state index contributed by atoms with van der Waals surface area (Å²) in [4.78, 5) is 36.3. The Kier molecular flexibility index (Phi) is 5.02. The Morgan fingerprint density at radius 1 is 1.04 bits per heavy atom. The maximum absolute atomic E-state index is 12.4. The van der Waals surface area contributed by atoms with Crippen LogP contribution < -0.4 is 16.0 Å². The van der Waals surface area contributed by atoms with E-state index in [9.17, 15) is 14.4 Å². The van der Waals surface area contributed by atoms with Crippen LogP contribution in [0.5, 0.6) is 0 Å². The van der Waals surface area contributed by atoms with E-state index in [4.69, 9.17) is 0 Å². The Hall–Kier alpha value is -3.15. The SMILES string of the molecule is Cc1ccc(CNC(=O)CCC2(c3ccccc3)NC(=O)NC2=O)cc1. The summed E-state index contributed by atoms with van der Waals surface area (Å²) in [5.74, 6) is -0.602. The number of rotatable bonds is 6. The molecular formula is C20H21N3O3. The van der Waals surface area contributed by atoms with Crippen molar-refractivity contribution in [2.45, 2.75) is 31.8 Å². The first kappa shape index (κ1) is 17.7. The van der Waals surface area contributed by atoms with Gasteiger partial charge in [0.15, 0.2) is 0 Å². The van der Waals surface area contributed by atoms with E-state index < -0.39 is 17.5 Å². The van der Waals surface area contributed by atoms with Crippen molar-refractivity contribution in [1.29, 1.82) is 0 Å². The third-order valence-corrected chi connectivity index (χ3v) is 4.55. The van der Waals surface area contributed by atoms with Crippen LogP contribution in [0.1, 0.15) is 29.5 Å². The molecule has 1 aliphatic heterocycles. The molecule has 6 heteroatoms. The lowest BCUT2D eigenvalue weighted by Crippen LogP contribution is -2.44. The minimum atomic E-state index is -1.21. The maximum atomic E-state index is 12.4. The van der Waals surface area contributed by atoms with Crippen molar-refractivity contribution >= 4 is 17.8 Å². The van der Waals surface area contributed by atoms with Gasteiger partial charge in [-0.2, -0.15) is 0 Å². The van der Waals surface area contributed by atoms with E-state index in [0.717, 1.165) is 11.1 Å². The van der Waals surface area contributed by atoms with Gasteiger partial charge in [-0.3, -0.25) is 14.9 Å². The molecule has 1 atom stereocenters. The number of carbonyl (C=O) groups is 3. The second-order valence-electron chi connectivity index (χ2n) is 6.44. The molecule has 6 nitrogen and oxygen atoms in total. The molecular weight excluding hydrogens is 330 g/mol. The third-order valence-electron chi connectivity index (χ3n) is 4.55. The molecule has 2 aromatic carbocycles. The van der Waals surface area contributed by atoms with E-state index in [-0.39, 0.29) is 18.7 Å². The fourth-order valence-corrected chi connectivity index (χ4v) is 3.03. The summed E-state index contributed by atoms with van der Waals surface area (Å²) in [6, 6.07) is 16.3. The van der Waals surface area contributed by atoms with Gasteiger partial charge in [0.2, 0.25) is 5.91 Å². The van der Waals surface area contributed by atoms with Crippen LogP contribution in [-0.2, 0) is 21.7 Å². The van der Waals surface area contributed by atoms with E-state index >= 15 is 0 Å². The Morgan fingerprint density at radius 2 is 1.73 bits per heavy atom. The van der Waals surface area contributed by atoms with Crippen molar-refractivity contribution in [3.8, 4) is 0 Å². The van der Waals surface area contributed by atoms with Crippen LogP contribution in [-0.4, -0.2) is 17.8 Å². The lowest BCUT2D eigenvalue weighted by Gasteiger charge is -2.26. The van der Waals surface area contributed by atoms with Crippen LogP contribution >= 0.6 is 0 Å². The van der Waals surface area contributed by atoms with Crippen molar-refractivity contribution in [3.63, 3.8) is 0 Å². The number of carbonyl (C=O) groups excluding carboxylic acids is 3.